The number of benzene rings is 2. The third-order valence-electron chi connectivity index (χ3n) is 5.00. The number of aryl methyl sites for hydroxylation is 2. The average molecular weight is 533 g/mol. The van der Waals surface area contributed by atoms with Crippen molar-refractivity contribution in [2.75, 3.05) is 16.7 Å². The van der Waals surface area contributed by atoms with Gasteiger partial charge in [0.15, 0.2) is 5.13 Å². The van der Waals surface area contributed by atoms with Crippen molar-refractivity contribution in [1.82, 2.24) is 9.97 Å². The van der Waals surface area contributed by atoms with Gasteiger partial charge in [0, 0.05) is 17.5 Å². The number of nitrogens with zero attached hydrogens (tertiary/aromatic N) is 3. The summed E-state index contributed by atoms with van der Waals surface area (Å²) < 4.78 is 27.1. The lowest BCUT2D eigenvalue weighted by atomic mass is 10.1. The van der Waals surface area contributed by atoms with Gasteiger partial charge in [0.1, 0.15) is 0 Å². The molecule has 0 spiro atoms. The summed E-state index contributed by atoms with van der Waals surface area (Å²) in [6, 6.07) is 12.9. The normalized spacial score (nSPS) is 11.4. The maximum absolute atomic E-state index is 13.0. The number of hydrogen-bond donors (Lipinski definition) is 1. The molecule has 0 atom stereocenters. The van der Waals surface area contributed by atoms with Crippen LogP contribution in [0.15, 0.2) is 58.8 Å². The van der Waals surface area contributed by atoms with Crippen LogP contribution in [0.3, 0.4) is 0 Å². The maximum Gasteiger partial charge on any atom is 0.264 e. The monoisotopic (exact) mass is 532 g/mol. The third-order valence-corrected chi connectivity index (χ3v) is 8.89. The van der Waals surface area contributed by atoms with Gasteiger partial charge in [-0.1, -0.05) is 29.8 Å². The number of hydrogen-bond acceptors (Lipinski definition) is 7. The lowest BCUT2D eigenvalue weighted by molar-refractivity contribution is -0.115. The Labute approximate surface area is 211 Å². The Balaban J connectivity index is 1.42. The largest absolute Gasteiger partial charge is 0.302 e. The summed E-state index contributed by atoms with van der Waals surface area (Å²) >= 11 is 8.91. The van der Waals surface area contributed by atoms with Crippen LogP contribution in [0.25, 0.3) is 10.6 Å². The fraction of sp³-hybridized carbons (Fsp3) is 0.174. The number of thiazole rings is 2. The van der Waals surface area contributed by atoms with Crippen LogP contribution in [0.5, 0.6) is 0 Å². The zero-order chi connectivity index (χ0) is 24.5. The van der Waals surface area contributed by atoms with E-state index in [2.05, 4.69) is 15.3 Å². The molecular formula is C23H21ClN4O3S3. The van der Waals surface area contributed by atoms with Gasteiger partial charge in [-0.2, -0.15) is 0 Å². The fourth-order valence-corrected chi connectivity index (χ4v) is 6.35. The van der Waals surface area contributed by atoms with Gasteiger partial charge in [-0.15, -0.1) is 22.7 Å². The second-order valence-electron chi connectivity index (χ2n) is 7.51. The van der Waals surface area contributed by atoms with Crippen LogP contribution >= 0.6 is 34.3 Å². The first-order valence-electron chi connectivity index (χ1n) is 10.2. The quantitative estimate of drug-likeness (QED) is 0.337. The molecule has 34 heavy (non-hydrogen) atoms. The molecule has 0 saturated heterocycles. The highest BCUT2D eigenvalue weighted by atomic mass is 35.5. The van der Waals surface area contributed by atoms with E-state index in [1.54, 1.807) is 47.7 Å². The molecule has 11 heteroatoms. The number of halogens is 1. The molecule has 0 aliphatic carbocycles. The first-order chi connectivity index (χ1) is 16.1. The van der Waals surface area contributed by atoms with E-state index in [4.69, 9.17) is 11.6 Å². The fourth-order valence-electron chi connectivity index (χ4n) is 3.30. The van der Waals surface area contributed by atoms with Crippen molar-refractivity contribution in [3.8, 4) is 10.6 Å². The zero-order valence-corrected chi connectivity index (χ0v) is 21.8. The lowest BCUT2D eigenvalue weighted by Crippen LogP contribution is -2.26. The molecule has 2 heterocycles. The molecule has 4 aromatic rings. The lowest BCUT2D eigenvalue weighted by Gasteiger charge is -2.19. The van der Waals surface area contributed by atoms with Gasteiger partial charge >= 0.3 is 0 Å². The van der Waals surface area contributed by atoms with Gasteiger partial charge < -0.3 is 5.32 Å². The molecule has 0 aliphatic rings. The number of nitrogens with one attached hydrogen (secondary N) is 1. The molecule has 7 nitrogen and oxygen atoms in total. The minimum atomic E-state index is -3.77. The predicted octanol–water partition coefficient (Wildman–Crippen LogP) is 5.54. The summed E-state index contributed by atoms with van der Waals surface area (Å²) in [5.74, 6) is -0.232. The van der Waals surface area contributed by atoms with E-state index < -0.39 is 10.0 Å². The number of carbonyl (C=O) groups excluding carboxylic acids is 1. The second-order valence-corrected chi connectivity index (χ2v) is 12.0. The predicted molar refractivity (Wildman–Crippen MR) is 139 cm³/mol. The summed E-state index contributed by atoms with van der Waals surface area (Å²) in [4.78, 5) is 22.5. The van der Waals surface area contributed by atoms with Crippen molar-refractivity contribution >= 4 is 61.0 Å². The van der Waals surface area contributed by atoms with Crippen LogP contribution in [0.4, 0.5) is 10.8 Å². The van der Waals surface area contributed by atoms with Crippen LogP contribution < -0.4 is 9.62 Å². The highest BCUT2D eigenvalue weighted by Crippen LogP contribution is 2.32. The first-order valence-corrected chi connectivity index (χ1v) is 13.7. The van der Waals surface area contributed by atoms with E-state index >= 15 is 0 Å². The van der Waals surface area contributed by atoms with Crippen LogP contribution in [-0.4, -0.2) is 31.3 Å². The number of aromatic nitrogens is 2. The summed E-state index contributed by atoms with van der Waals surface area (Å²) in [5.41, 5.74) is 2.86. The minimum Gasteiger partial charge on any atom is -0.302 e. The standard InChI is InChI=1S/C23H21ClN4O3S3/c1-14-22(33-15(2)25-14)20-13-32-23(26-20)27-21(29)11-16-7-9-19(10-8-16)34(30,31)28(3)18-6-4-5-17(24)12-18/h4-10,12-13H,11H2,1-3H3,(H,26,27,29). The number of rotatable bonds is 7. The number of amides is 1. The molecule has 1 N–H and O–H groups in total. The number of anilines is 2. The van der Waals surface area contributed by atoms with E-state index in [0.29, 0.717) is 21.4 Å². The SMILES string of the molecule is Cc1nc(C)c(-c2csc(NC(=O)Cc3ccc(S(=O)(=O)N(C)c4cccc(Cl)c4)cc3)n2)s1. The van der Waals surface area contributed by atoms with Crippen LogP contribution in [0, 0.1) is 13.8 Å². The van der Waals surface area contributed by atoms with Crippen LogP contribution in [-0.2, 0) is 21.2 Å². The Hall–Kier alpha value is -2.79. The summed E-state index contributed by atoms with van der Waals surface area (Å²) in [6.07, 6.45) is 0.0953. The van der Waals surface area contributed by atoms with E-state index in [1.165, 1.54) is 34.8 Å². The highest BCUT2D eigenvalue weighted by Gasteiger charge is 2.21. The van der Waals surface area contributed by atoms with Crippen molar-refractivity contribution in [3.05, 3.63) is 75.2 Å². The van der Waals surface area contributed by atoms with Gasteiger partial charge in [0.05, 0.1) is 38.3 Å². The Morgan fingerprint density at radius 2 is 1.85 bits per heavy atom. The molecular weight excluding hydrogens is 512 g/mol. The minimum absolute atomic E-state index is 0.0953. The molecule has 0 saturated carbocycles. The first kappa shape index (κ1) is 24.3. The maximum atomic E-state index is 13.0. The van der Waals surface area contributed by atoms with E-state index in [-0.39, 0.29) is 17.2 Å². The summed E-state index contributed by atoms with van der Waals surface area (Å²) in [6.45, 7) is 3.88. The van der Waals surface area contributed by atoms with Gasteiger partial charge in [0.25, 0.3) is 10.0 Å². The average Bonchev–Trinajstić information content (AvgIpc) is 3.38. The molecule has 2 aromatic heterocycles. The van der Waals surface area contributed by atoms with Crippen LogP contribution in [0.1, 0.15) is 16.3 Å². The van der Waals surface area contributed by atoms with E-state index in [9.17, 15) is 13.2 Å². The second kappa shape index (κ2) is 9.83. The van der Waals surface area contributed by atoms with Gasteiger partial charge in [-0.05, 0) is 49.7 Å². The number of carbonyl (C=O) groups is 1. The molecule has 0 radical (unpaired) electrons. The Bertz CT molecular complexity index is 1450. The van der Waals surface area contributed by atoms with E-state index in [0.717, 1.165) is 21.3 Å². The summed E-state index contributed by atoms with van der Waals surface area (Å²) in [7, 11) is -2.29. The van der Waals surface area contributed by atoms with Crippen molar-refractivity contribution in [2.45, 2.75) is 25.2 Å². The Kier molecular flexibility index (Phi) is 7.04. The van der Waals surface area contributed by atoms with Gasteiger partial charge in [-0.25, -0.2) is 18.4 Å². The van der Waals surface area contributed by atoms with E-state index in [1.807, 2.05) is 19.2 Å². The van der Waals surface area contributed by atoms with Crippen LogP contribution in [0.2, 0.25) is 5.02 Å². The van der Waals surface area contributed by atoms with Crippen molar-refractivity contribution < 1.29 is 13.2 Å². The molecule has 1 amide bonds. The smallest absolute Gasteiger partial charge is 0.264 e. The molecule has 2 aromatic carbocycles. The molecule has 0 fully saturated rings. The van der Waals surface area contributed by atoms with Crippen molar-refractivity contribution in [3.63, 3.8) is 0 Å². The van der Waals surface area contributed by atoms with Crippen molar-refractivity contribution in [2.24, 2.45) is 0 Å². The molecule has 176 valence electrons. The number of sulfonamides is 1. The van der Waals surface area contributed by atoms with Gasteiger partial charge in [-0.3, -0.25) is 9.10 Å². The molecule has 0 aliphatic heterocycles. The molecule has 4 rings (SSSR count). The van der Waals surface area contributed by atoms with Crippen molar-refractivity contribution in [1.29, 1.82) is 0 Å². The zero-order valence-electron chi connectivity index (χ0n) is 18.6. The molecule has 0 bridgehead atoms. The highest BCUT2D eigenvalue weighted by molar-refractivity contribution is 7.92. The topological polar surface area (TPSA) is 92.3 Å². The molecule has 0 unspecified atom stereocenters. The third kappa shape index (κ3) is 5.30. The Morgan fingerprint density at radius 3 is 2.50 bits per heavy atom. The summed E-state index contributed by atoms with van der Waals surface area (Å²) in [5, 5.41) is 6.63. The van der Waals surface area contributed by atoms with Gasteiger partial charge in [0.2, 0.25) is 5.91 Å². The Morgan fingerprint density at radius 1 is 1.12 bits per heavy atom.